The van der Waals surface area contributed by atoms with E-state index in [1.54, 1.807) is 17.5 Å². The molecule has 0 spiro atoms. The summed E-state index contributed by atoms with van der Waals surface area (Å²) in [6.45, 7) is 4.12. The van der Waals surface area contributed by atoms with Crippen LogP contribution in [0.15, 0.2) is 36.5 Å². The number of nitrogens with zero attached hydrogens (tertiary/aromatic N) is 1. The number of hydrogen-bond acceptors (Lipinski definition) is 5. The Morgan fingerprint density at radius 2 is 2.16 bits per heavy atom. The first kappa shape index (κ1) is 16.8. The maximum Gasteiger partial charge on any atom is 0.127 e. The van der Waals surface area contributed by atoms with Crippen LogP contribution in [0.2, 0.25) is 5.02 Å². The molecule has 0 bridgehead atoms. The van der Waals surface area contributed by atoms with Crippen LogP contribution in [0.1, 0.15) is 11.8 Å². The molecule has 1 fully saturated rings. The van der Waals surface area contributed by atoms with Crippen molar-refractivity contribution in [2.45, 2.75) is 19.6 Å². The molecular formula is C19H19ClN2O2S. The maximum atomic E-state index is 9.44. The van der Waals surface area contributed by atoms with Crippen LogP contribution >= 0.6 is 22.9 Å². The molecule has 1 aliphatic rings. The van der Waals surface area contributed by atoms with Gasteiger partial charge in [-0.2, -0.15) is 0 Å². The molecule has 6 heteroatoms. The zero-order chi connectivity index (χ0) is 17.4. The van der Waals surface area contributed by atoms with Gasteiger partial charge < -0.3 is 15.2 Å². The molecule has 2 N–H and O–H groups in total. The van der Waals surface area contributed by atoms with Gasteiger partial charge in [0.25, 0.3) is 0 Å². The van der Waals surface area contributed by atoms with E-state index in [0.717, 1.165) is 45.1 Å². The van der Waals surface area contributed by atoms with E-state index in [-0.39, 0.29) is 12.7 Å². The van der Waals surface area contributed by atoms with Crippen molar-refractivity contribution in [3.8, 4) is 16.9 Å². The van der Waals surface area contributed by atoms with Gasteiger partial charge in [-0.25, -0.2) is 0 Å². The first-order valence-electron chi connectivity index (χ1n) is 8.31. The van der Waals surface area contributed by atoms with Gasteiger partial charge >= 0.3 is 0 Å². The van der Waals surface area contributed by atoms with E-state index in [9.17, 15) is 5.11 Å². The average Bonchev–Trinajstić information content (AvgIpc) is 2.98. The first-order chi connectivity index (χ1) is 12.2. The molecule has 0 aliphatic carbocycles. The van der Waals surface area contributed by atoms with E-state index in [4.69, 9.17) is 16.3 Å². The second-order valence-electron chi connectivity index (χ2n) is 6.33. The molecule has 0 amide bonds. The molecule has 1 saturated heterocycles. The summed E-state index contributed by atoms with van der Waals surface area (Å²) in [5.41, 5.74) is 2.88. The lowest BCUT2D eigenvalue weighted by Gasteiger charge is -2.33. The fourth-order valence-electron chi connectivity index (χ4n) is 3.03. The van der Waals surface area contributed by atoms with E-state index < -0.39 is 0 Å². The van der Waals surface area contributed by atoms with Crippen LogP contribution in [0.4, 0.5) is 0 Å². The van der Waals surface area contributed by atoms with Crippen molar-refractivity contribution in [3.63, 3.8) is 0 Å². The fraction of sp³-hybridized carbons (Fsp3) is 0.316. The Morgan fingerprint density at radius 1 is 1.32 bits per heavy atom. The van der Waals surface area contributed by atoms with Gasteiger partial charge in [-0.05, 0) is 37.3 Å². The van der Waals surface area contributed by atoms with Gasteiger partial charge in [0.1, 0.15) is 11.9 Å². The maximum absolute atomic E-state index is 9.44. The third-order valence-corrected chi connectivity index (χ3v) is 6.02. The molecule has 1 atom stereocenters. The smallest absolute Gasteiger partial charge is 0.127 e. The minimum absolute atomic E-state index is 0.0189. The zero-order valence-electron chi connectivity index (χ0n) is 13.8. The van der Waals surface area contributed by atoms with Gasteiger partial charge in [0.05, 0.1) is 16.8 Å². The number of nitrogens with one attached hydrogen (secondary N) is 1. The van der Waals surface area contributed by atoms with Gasteiger partial charge in [0.15, 0.2) is 0 Å². The third-order valence-electron chi connectivity index (χ3n) is 4.64. The molecule has 3 heterocycles. The second kappa shape index (κ2) is 6.92. The topological polar surface area (TPSA) is 54.4 Å². The van der Waals surface area contributed by atoms with Gasteiger partial charge in [-0.1, -0.05) is 11.6 Å². The second-order valence-corrected chi connectivity index (χ2v) is 7.90. The van der Waals surface area contributed by atoms with Gasteiger partial charge in [-0.15, -0.1) is 11.3 Å². The minimum Gasteiger partial charge on any atom is -0.490 e. The molecule has 3 aromatic rings. The van der Waals surface area contributed by atoms with E-state index >= 15 is 0 Å². The van der Waals surface area contributed by atoms with Crippen LogP contribution in [0, 0.1) is 5.92 Å². The Bertz CT molecular complexity index is 908. The fourth-order valence-corrected chi connectivity index (χ4v) is 4.21. The number of pyridine rings is 1. The Labute approximate surface area is 155 Å². The number of benzene rings is 1. The van der Waals surface area contributed by atoms with Crippen molar-refractivity contribution in [1.82, 2.24) is 10.3 Å². The Morgan fingerprint density at radius 3 is 2.88 bits per heavy atom. The number of aliphatic hydroxyl groups is 1. The normalized spacial score (nSPS) is 16.0. The monoisotopic (exact) mass is 374 g/mol. The van der Waals surface area contributed by atoms with Crippen molar-refractivity contribution in [3.05, 3.63) is 46.4 Å². The molecule has 25 heavy (non-hydrogen) atoms. The number of halogens is 1. The molecular weight excluding hydrogens is 356 g/mol. The van der Waals surface area contributed by atoms with E-state index in [2.05, 4.69) is 17.2 Å². The number of aromatic nitrogens is 1. The highest BCUT2D eigenvalue weighted by Crippen LogP contribution is 2.40. The SMILES string of the molecule is CC(Oc1ccc(Cl)cc1-c1ccnc2cc(CO)sc12)C1CNC1. The van der Waals surface area contributed by atoms with Gasteiger partial charge in [0.2, 0.25) is 0 Å². The molecule has 1 aliphatic heterocycles. The molecule has 130 valence electrons. The summed E-state index contributed by atoms with van der Waals surface area (Å²) in [6.07, 6.45) is 1.92. The lowest BCUT2D eigenvalue weighted by Crippen LogP contribution is -2.49. The van der Waals surface area contributed by atoms with Gasteiger partial charge in [-0.3, -0.25) is 4.98 Å². The summed E-state index contributed by atoms with van der Waals surface area (Å²) in [5.74, 6) is 1.36. The number of rotatable bonds is 5. The molecule has 4 rings (SSSR count). The van der Waals surface area contributed by atoms with Crippen molar-refractivity contribution in [2.75, 3.05) is 13.1 Å². The molecule has 0 radical (unpaired) electrons. The predicted molar refractivity (Wildman–Crippen MR) is 102 cm³/mol. The Kier molecular flexibility index (Phi) is 4.65. The Hall–Kier alpha value is -1.66. The van der Waals surface area contributed by atoms with Gasteiger partial charge in [0, 0.05) is 46.2 Å². The zero-order valence-corrected chi connectivity index (χ0v) is 15.4. The van der Waals surface area contributed by atoms with Crippen LogP contribution in [0.25, 0.3) is 21.3 Å². The number of aliphatic hydroxyl groups excluding tert-OH is 1. The minimum atomic E-state index is 0.0189. The summed E-state index contributed by atoms with van der Waals surface area (Å²) >= 11 is 7.82. The van der Waals surface area contributed by atoms with Crippen molar-refractivity contribution < 1.29 is 9.84 Å². The van der Waals surface area contributed by atoms with E-state index in [1.807, 2.05) is 30.3 Å². The summed E-state index contributed by atoms with van der Waals surface area (Å²) in [5, 5.41) is 13.4. The highest BCUT2D eigenvalue weighted by atomic mass is 35.5. The molecule has 1 aromatic carbocycles. The molecule has 0 saturated carbocycles. The number of hydrogen-bond donors (Lipinski definition) is 2. The highest BCUT2D eigenvalue weighted by molar-refractivity contribution is 7.19. The standard InChI is InChI=1S/C19H19ClN2O2S/c1-11(12-8-21-9-12)24-18-3-2-13(20)6-16(18)15-4-5-22-17-7-14(10-23)25-19(15)17/h2-7,11-12,21,23H,8-10H2,1H3. The van der Waals surface area contributed by atoms with Crippen molar-refractivity contribution in [2.24, 2.45) is 5.92 Å². The number of ether oxygens (including phenoxy) is 1. The number of thiophene rings is 1. The van der Waals surface area contributed by atoms with Crippen LogP contribution < -0.4 is 10.1 Å². The first-order valence-corrected chi connectivity index (χ1v) is 9.50. The summed E-state index contributed by atoms with van der Waals surface area (Å²) < 4.78 is 7.32. The lowest BCUT2D eigenvalue weighted by molar-refractivity contribution is 0.115. The van der Waals surface area contributed by atoms with Crippen LogP contribution in [-0.2, 0) is 6.61 Å². The molecule has 4 nitrogen and oxygen atoms in total. The van der Waals surface area contributed by atoms with Crippen LogP contribution in [-0.4, -0.2) is 29.3 Å². The summed E-state index contributed by atoms with van der Waals surface area (Å²) in [6, 6.07) is 9.65. The van der Waals surface area contributed by atoms with E-state index in [0.29, 0.717) is 10.9 Å². The largest absolute Gasteiger partial charge is 0.490 e. The number of fused-ring (bicyclic) bond motifs is 1. The summed E-state index contributed by atoms with van der Waals surface area (Å²) in [4.78, 5) is 5.31. The van der Waals surface area contributed by atoms with Crippen LogP contribution in [0.5, 0.6) is 5.75 Å². The third kappa shape index (κ3) is 3.25. The van der Waals surface area contributed by atoms with Crippen molar-refractivity contribution in [1.29, 1.82) is 0 Å². The summed E-state index contributed by atoms with van der Waals surface area (Å²) in [7, 11) is 0. The average molecular weight is 375 g/mol. The quantitative estimate of drug-likeness (QED) is 0.706. The predicted octanol–water partition coefficient (Wildman–Crippen LogP) is 4.10. The van der Waals surface area contributed by atoms with Crippen molar-refractivity contribution >= 4 is 33.2 Å². The van der Waals surface area contributed by atoms with Crippen LogP contribution in [0.3, 0.4) is 0 Å². The molecule has 1 unspecified atom stereocenters. The molecule has 2 aromatic heterocycles. The Balaban J connectivity index is 1.79. The van der Waals surface area contributed by atoms with E-state index in [1.165, 1.54) is 0 Å². The lowest BCUT2D eigenvalue weighted by atomic mass is 9.97. The highest BCUT2D eigenvalue weighted by Gasteiger charge is 2.26.